The molecule has 2 rings (SSSR count). The first-order chi connectivity index (χ1) is 12.0. The second kappa shape index (κ2) is 8.92. The van der Waals surface area contributed by atoms with Crippen LogP contribution in [0, 0.1) is 0 Å². The number of hydrogen-bond acceptors (Lipinski definition) is 2. The summed E-state index contributed by atoms with van der Waals surface area (Å²) >= 11 is 0. The van der Waals surface area contributed by atoms with Gasteiger partial charge in [-0.3, -0.25) is 4.79 Å². The first-order valence-corrected chi connectivity index (χ1v) is 8.55. The van der Waals surface area contributed by atoms with E-state index in [1.165, 1.54) is 5.69 Å². The number of nitrogens with zero attached hydrogens (tertiary/aromatic N) is 1. The quantitative estimate of drug-likeness (QED) is 0.720. The molecule has 1 heterocycles. The van der Waals surface area contributed by atoms with Crippen LogP contribution in [0.15, 0.2) is 42.6 Å². The molecule has 1 aromatic heterocycles. The molecule has 6 nitrogen and oxygen atoms in total. The number of carbonyl (C=O) groups is 2. The van der Waals surface area contributed by atoms with Gasteiger partial charge in [0.05, 0.1) is 0 Å². The SMILES string of the molecule is CCC(=O)Nc1cccc(NC(=O)NC(C)CCc2cccn2C)c1. The molecule has 0 aliphatic heterocycles. The van der Waals surface area contributed by atoms with E-state index in [2.05, 4.69) is 26.6 Å². The maximum atomic E-state index is 12.1. The van der Waals surface area contributed by atoms with Gasteiger partial charge in [0, 0.05) is 42.8 Å². The largest absolute Gasteiger partial charge is 0.354 e. The van der Waals surface area contributed by atoms with E-state index in [4.69, 9.17) is 0 Å². The fourth-order valence-electron chi connectivity index (χ4n) is 2.51. The van der Waals surface area contributed by atoms with E-state index in [0.717, 1.165) is 12.8 Å². The third kappa shape index (κ3) is 5.99. The van der Waals surface area contributed by atoms with E-state index in [-0.39, 0.29) is 18.0 Å². The lowest BCUT2D eigenvalue weighted by Gasteiger charge is -2.15. The average Bonchev–Trinajstić information content (AvgIpc) is 2.98. The van der Waals surface area contributed by atoms with Crippen LogP contribution in [0.5, 0.6) is 0 Å². The molecular formula is C19H26N4O2. The van der Waals surface area contributed by atoms with Gasteiger partial charge in [-0.25, -0.2) is 4.79 Å². The van der Waals surface area contributed by atoms with Crippen molar-refractivity contribution in [3.63, 3.8) is 0 Å². The van der Waals surface area contributed by atoms with Crippen LogP contribution in [0.1, 0.15) is 32.4 Å². The highest BCUT2D eigenvalue weighted by Crippen LogP contribution is 2.15. The van der Waals surface area contributed by atoms with Gasteiger partial charge < -0.3 is 20.5 Å². The third-order valence-corrected chi connectivity index (χ3v) is 3.99. The molecule has 0 aliphatic rings. The number of hydrogen-bond donors (Lipinski definition) is 3. The summed E-state index contributed by atoms with van der Waals surface area (Å²) in [7, 11) is 2.02. The van der Waals surface area contributed by atoms with Gasteiger partial charge in [-0.2, -0.15) is 0 Å². The zero-order valence-corrected chi connectivity index (χ0v) is 15.0. The molecule has 0 bridgehead atoms. The summed E-state index contributed by atoms with van der Waals surface area (Å²) in [6.45, 7) is 3.78. The molecule has 1 aromatic carbocycles. The standard InChI is InChI=1S/C19H26N4O2/c1-4-18(24)21-15-7-5-8-16(13-15)22-19(25)20-14(2)10-11-17-9-6-12-23(17)3/h5-9,12-14H,4,10-11H2,1-3H3,(H,21,24)(H2,20,22,25). The highest BCUT2D eigenvalue weighted by molar-refractivity contribution is 5.93. The van der Waals surface area contributed by atoms with Gasteiger partial charge in [0.1, 0.15) is 0 Å². The number of carbonyl (C=O) groups excluding carboxylic acids is 2. The van der Waals surface area contributed by atoms with Crippen molar-refractivity contribution in [1.82, 2.24) is 9.88 Å². The van der Waals surface area contributed by atoms with Crippen molar-refractivity contribution in [3.8, 4) is 0 Å². The Labute approximate surface area is 148 Å². The lowest BCUT2D eigenvalue weighted by molar-refractivity contribution is -0.115. The summed E-state index contributed by atoms with van der Waals surface area (Å²) in [6, 6.07) is 11.0. The lowest BCUT2D eigenvalue weighted by atomic mass is 10.1. The highest BCUT2D eigenvalue weighted by atomic mass is 16.2. The third-order valence-electron chi connectivity index (χ3n) is 3.99. The molecule has 1 unspecified atom stereocenters. The van der Waals surface area contributed by atoms with E-state index in [1.807, 2.05) is 26.2 Å². The summed E-state index contributed by atoms with van der Waals surface area (Å²) in [6.07, 6.45) is 4.20. The van der Waals surface area contributed by atoms with E-state index >= 15 is 0 Å². The monoisotopic (exact) mass is 342 g/mol. The molecule has 0 aliphatic carbocycles. The number of nitrogens with one attached hydrogen (secondary N) is 3. The predicted octanol–water partition coefficient (Wildman–Crippen LogP) is 3.52. The van der Waals surface area contributed by atoms with Crippen LogP contribution < -0.4 is 16.0 Å². The minimum Gasteiger partial charge on any atom is -0.354 e. The van der Waals surface area contributed by atoms with Gasteiger partial charge in [-0.15, -0.1) is 0 Å². The molecule has 0 saturated carbocycles. The summed E-state index contributed by atoms with van der Waals surface area (Å²) in [5.41, 5.74) is 2.55. The Hall–Kier alpha value is -2.76. The van der Waals surface area contributed by atoms with Crippen LogP contribution in [0.2, 0.25) is 0 Å². The second-order valence-corrected chi connectivity index (χ2v) is 6.13. The van der Waals surface area contributed by atoms with Crippen molar-refractivity contribution in [2.75, 3.05) is 10.6 Å². The van der Waals surface area contributed by atoms with Crippen molar-refractivity contribution in [2.24, 2.45) is 7.05 Å². The van der Waals surface area contributed by atoms with Gasteiger partial charge in [-0.05, 0) is 50.1 Å². The van der Waals surface area contributed by atoms with Crippen molar-refractivity contribution in [1.29, 1.82) is 0 Å². The van der Waals surface area contributed by atoms with Gasteiger partial charge in [0.15, 0.2) is 0 Å². The van der Waals surface area contributed by atoms with E-state index in [9.17, 15) is 9.59 Å². The number of urea groups is 1. The zero-order chi connectivity index (χ0) is 18.2. The maximum absolute atomic E-state index is 12.1. The topological polar surface area (TPSA) is 75.2 Å². The molecule has 3 amide bonds. The molecule has 0 saturated heterocycles. The Morgan fingerprint density at radius 1 is 1.12 bits per heavy atom. The van der Waals surface area contributed by atoms with Crippen LogP contribution in [0.3, 0.4) is 0 Å². The van der Waals surface area contributed by atoms with Crippen LogP contribution in [0.4, 0.5) is 16.2 Å². The summed E-state index contributed by atoms with van der Waals surface area (Å²) in [5, 5.41) is 8.51. The highest BCUT2D eigenvalue weighted by Gasteiger charge is 2.09. The van der Waals surface area contributed by atoms with Crippen LogP contribution >= 0.6 is 0 Å². The molecule has 0 radical (unpaired) electrons. The summed E-state index contributed by atoms with van der Waals surface area (Å²) in [5.74, 6) is -0.0594. The second-order valence-electron chi connectivity index (χ2n) is 6.13. The molecule has 134 valence electrons. The zero-order valence-electron chi connectivity index (χ0n) is 15.0. The van der Waals surface area contributed by atoms with Gasteiger partial charge in [-0.1, -0.05) is 13.0 Å². The molecule has 25 heavy (non-hydrogen) atoms. The van der Waals surface area contributed by atoms with E-state index in [0.29, 0.717) is 17.8 Å². The fraction of sp³-hybridized carbons (Fsp3) is 0.368. The first kappa shape index (κ1) is 18.6. The summed E-state index contributed by atoms with van der Waals surface area (Å²) < 4.78 is 2.09. The van der Waals surface area contributed by atoms with Gasteiger partial charge in [0.2, 0.25) is 5.91 Å². The Morgan fingerprint density at radius 3 is 2.48 bits per heavy atom. The average molecular weight is 342 g/mol. The van der Waals surface area contributed by atoms with Crippen molar-refractivity contribution >= 4 is 23.3 Å². The normalized spacial score (nSPS) is 11.6. The number of aryl methyl sites for hydroxylation is 2. The molecule has 3 N–H and O–H groups in total. The van der Waals surface area contributed by atoms with Crippen molar-refractivity contribution in [2.45, 2.75) is 39.2 Å². The number of amides is 3. The van der Waals surface area contributed by atoms with Crippen molar-refractivity contribution < 1.29 is 9.59 Å². The van der Waals surface area contributed by atoms with E-state index < -0.39 is 0 Å². The Kier molecular flexibility index (Phi) is 6.62. The molecule has 1 atom stereocenters. The first-order valence-electron chi connectivity index (χ1n) is 8.55. The smallest absolute Gasteiger partial charge is 0.319 e. The lowest BCUT2D eigenvalue weighted by Crippen LogP contribution is -2.36. The number of aromatic nitrogens is 1. The minimum atomic E-state index is -0.252. The summed E-state index contributed by atoms with van der Waals surface area (Å²) in [4.78, 5) is 23.6. The maximum Gasteiger partial charge on any atom is 0.319 e. The Bertz CT molecular complexity index is 724. The Morgan fingerprint density at radius 2 is 1.84 bits per heavy atom. The fourth-order valence-corrected chi connectivity index (χ4v) is 2.51. The minimum absolute atomic E-state index is 0.0536. The van der Waals surface area contributed by atoms with E-state index in [1.54, 1.807) is 31.2 Å². The van der Waals surface area contributed by atoms with Crippen LogP contribution in [-0.2, 0) is 18.3 Å². The Balaban J connectivity index is 1.82. The number of rotatable bonds is 7. The molecule has 6 heteroatoms. The molecular weight excluding hydrogens is 316 g/mol. The molecule has 0 spiro atoms. The predicted molar refractivity (Wildman–Crippen MR) is 101 cm³/mol. The number of benzene rings is 1. The van der Waals surface area contributed by atoms with Crippen molar-refractivity contribution in [3.05, 3.63) is 48.3 Å². The molecule has 0 fully saturated rings. The van der Waals surface area contributed by atoms with Crippen LogP contribution in [-0.4, -0.2) is 22.5 Å². The van der Waals surface area contributed by atoms with Gasteiger partial charge >= 0.3 is 6.03 Å². The van der Waals surface area contributed by atoms with Crippen LogP contribution in [0.25, 0.3) is 0 Å². The van der Waals surface area contributed by atoms with Gasteiger partial charge in [0.25, 0.3) is 0 Å². The molecule has 2 aromatic rings. The number of anilines is 2.